The van der Waals surface area contributed by atoms with Crippen molar-refractivity contribution in [1.29, 1.82) is 0 Å². The molecule has 148 valence electrons. The highest BCUT2D eigenvalue weighted by atomic mass is 32.2. The summed E-state index contributed by atoms with van der Waals surface area (Å²) in [5.41, 5.74) is 3.19. The van der Waals surface area contributed by atoms with Gasteiger partial charge in [-0.05, 0) is 30.5 Å². The molecule has 3 rings (SSSR count). The van der Waals surface area contributed by atoms with Gasteiger partial charge < -0.3 is 4.90 Å². The molecule has 28 heavy (non-hydrogen) atoms. The fourth-order valence-electron chi connectivity index (χ4n) is 3.17. The van der Waals surface area contributed by atoms with Crippen LogP contribution in [0.3, 0.4) is 0 Å². The van der Waals surface area contributed by atoms with Gasteiger partial charge in [-0.3, -0.25) is 4.79 Å². The van der Waals surface area contributed by atoms with Crippen molar-refractivity contribution in [2.45, 2.75) is 19.8 Å². The minimum atomic E-state index is -3.48. The maximum atomic E-state index is 12.5. The number of sulfonamides is 1. The quantitative estimate of drug-likeness (QED) is 0.751. The Morgan fingerprint density at radius 1 is 0.964 bits per heavy atom. The van der Waals surface area contributed by atoms with Crippen LogP contribution in [-0.4, -0.2) is 49.7 Å². The van der Waals surface area contributed by atoms with Gasteiger partial charge in [-0.25, -0.2) is 8.42 Å². The first-order valence-corrected chi connectivity index (χ1v) is 11.0. The molecular formula is C22H26N2O3S. The van der Waals surface area contributed by atoms with Crippen molar-refractivity contribution in [3.05, 3.63) is 76.7 Å². The first-order chi connectivity index (χ1) is 13.4. The molecule has 2 aromatic rings. The van der Waals surface area contributed by atoms with Crippen LogP contribution in [0.5, 0.6) is 0 Å². The molecule has 0 aromatic heterocycles. The second-order valence-electron chi connectivity index (χ2n) is 7.02. The number of carbonyl (C=O) groups excluding carboxylic acids is 1. The normalized spacial score (nSPS) is 15.8. The van der Waals surface area contributed by atoms with E-state index in [9.17, 15) is 13.2 Å². The van der Waals surface area contributed by atoms with Crippen LogP contribution in [0.15, 0.2) is 60.0 Å². The summed E-state index contributed by atoms with van der Waals surface area (Å²) < 4.78 is 26.5. The Morgan fingerprint density at radius 2 is 1.61 bits per heavy atom. The number of rotatable bonds is 6. The van der Waals surface area contributed by atoms with E-state index in [1.54, 1.807) is 11.0 Å². The highest BCUT2D eigenvalue weighted by molar-refractivity contribution is 7.92. The molecule has 1 amide bonds. The van der Waals surface area contributed by atoms with E-state index in [2.05, 4.69) is 0 Å². The number of aryl methyl sites for hydroxylation is 2. The maximum absolute atomic E-state index is 12.5. The van der Waals surface area contributed by atoms with E-state index >= 15 is 0 Å². The Hall–Kier alpha value is -2.44. The van der Waals surface area contributed by atoms with Gasteiger partial charge in [-0.2, -0.15) is 4.31 Å². The molecule has 0 bridgehead atoms. The Morgan fingerprint density at radius 3 is 2.25 bits per heavy atom. The third-order valence-corrected chi connectivity index (χ3v) is 6.50. The lowest BCUT2D eigenvalue weighted by molar-refractivity contribution is -0.132. The molecule has 0 saturated carbocycles. The van der Waals surface area contributed by atoms with Crippen LogP contribution in [0.2, 0.25) is 0 Å². The molecule has 0 radical (unpaired) electrons. The lowest BCUT2D eigenvalue weighted by atomic mass is 10.1. The smallest absolute Gasteiger partial charge is 0.236 e. The highest BCUT2D eigenvalue weighted by Gasteiger charge is 2.27. The summed E-state index contributed by atoms with van der Waals surface area (Å²) in [5.74, 6) is 0.0810. The lowest BCUT2D eigenvalue weighted by Crippen LogP contribution is -2.50. The molecular weight excluding hydrogens is 372 g/mol. The van der Waals surface area contributed by atoms with Crippen LogP contribution in [0.4, 0.5) is 0 Å². The largest absolute Gasteiger partial charge is 0.340 e. The van der Waals surface area contributed by atoms with Crippen molar-refractivity contribution >= 4 is 22.0 Å². The number of nitrogens with zero attached hydrogens (tertiary/aromatic N) is 2. The third kappa shape index (κ3) is 5.53. The Balaban J connectivity index is 1.49. The monoisotopic (exact) mass is 398 g/mol. The van der Waals surface area contributed by atoms with Crippen molar-refractivity contribution in [1.82, 2.24) is 9.21 Å². The summed E-state index contributed by atoms with van der Waals surface area (Å²) in [7, 11) is -3.48. The second kappa shape index (κ2) is 9.17. The van der Waals surface area contributed by atoms with Crippen molar-refractivity contribution in [2.75, 3.05) is 26.2 Å². The minimum Gasteiger partial charge on any atom is -0.340 e. The fourth-order valence-corrected chi connectivity index (χ4v) is 4.34. The molecule has 2 aromatic carbocycles. The molecule has 1 aliphatic rings. The number of carbonyl (C=O) groups is 1. The molecule has 0 aliphatic carbocycles. The zero-order valence-corrected chi connectivity index (χ0v) is 16.9. The Kier molecular flexibility index (Phi) is 6.65. The summed E-state index contributed by atoms with van der Waals surface area (Å²) in [6, 6.07) is 17.5. The molecule has 0 unspecified atom stereocenters. The summed E-state index contributed by atoms with van der Waals surface area (Å²) in [6.07, 6.45) is 2.76. The van der Waals surface area contributed by atoms with Crippen LogP contribution in [-0.2, 0) is 21.2 Å². The molecule has 0 atom stereocenters. The van der Waals surface area contributed by atoms with Crippen molar-refractivity contribution < 1.29 is 13.2 Å². The first-order valence-electron chi connectivity index (χ1n) is 9.51. The average Bonchev–Trinajstić information content (AvgIpc) is 2.72. The van der Waals surface area contributed by atoms with E-state index in [1.807, 2.05) is 61.5 Å². The van der Waals surface area contributed by atoms with Gasteiger partial charge in [0.25, 0.3) is 0 Å². The first kappa shape index (κ1) is 20.3. The molecule has 6 heteroatoms. The molecule has 1 saturated heterocycles. The summed E-state index contributed by atoms with van der Waals surface area (Å²) in [4.78, 5) is 14.2. The zero-order chi connectivity index (χ0) is 20.0. The van der Waals surface area contributed by atoms with Crippen LogP contribution in [0.1, 0.15) is 23.1 Å². The van der Waals surface area contributed by atoms with Gasteiger partial charge in [0.2, 0.25) is 15.9 Å². The number of hydrogen-bond acceptors (Lipinski definition) is 3. The average molecular weight is 399 g/mol. The van der Waals surface area contributed by atoms with E-state index in [0.29, 0.717) is 39.0 Å². The van der Waals surface area contributed by atoms with Crippen LogP contribution >= 0.6 is 0 Å². The molecule has 5 nitrogen and oxygen atoms in total. The standard InChI is InChI=1S/C22H26N2O3S/c1-19-7-9-21(10-8-19)11-12-22(25)23-14-16-24(17-15-23)28(26,27)18-13-20-5-3-2-4-6-20/h2-10,13,18H,11-12,14-17H2,1H3/b18-13+. The number of hydrogen-bond donors (Lipinski definition) is 0. The molecule has 0 spiro atoms. The summed E-state index contributed by atoms with van der Waals surface area (Å²) in [5, 5.41) is 1.25. The predicted molar refractivity (Wildman–Crippen MR) is 112 cm³/mol. The number of benzene rings is 2. The van der Waals surface area contributed by atoms with Crippen molar-refractivity contribution in [3.8, 4) is 0 Å². The van der Waals surface area contributed by atoms with Crippen molar-refractivity contribution in [2.24, 2.45) is 0 Å². The van der Waals surface area contributed by atoms with E-state index < -0.39 is 10.0 Å². The zero-order valence-electron chi connectivity index (χ0n) is 16.1. The van der Waals surface area contributed by atoms with Gasteiger partial charge in [0, 0.05) is 38.0 Å². The predicted octanol–water partition coefficient (Wildman–Crippen LogP) is 3.07. The van der Waals surface area contributed by atoms with Gasteiger partial charge in [-0.15, -0.1) is 0 Å². The van der Waals surface area contributed by atoms with Gasteiger partial charge >= 0.3 is 0 Å². The summed E-state index contributed by atoms with van der Waals surface area (Å²) >= 11 is 0. The van der Waals surface area contributed by atoms with Gasteiger partial charge in [-0.1, -0.05) is 60.2 Å². The number of piperazine rings is 1. The maximum Gasteiger partial charge on any atom is 0.236 e. The fraction of sp³-hybridized carbons (Fsp3) is 0.318. The molecule has 0 N–H and O–H groups in total. The van der Waals surface area contributed by atoms with Crippen LogP contribution < -0.4 is 0 Å². The second-order valence-corrected chi connectivity index (χ2v) is 8.84. The lowest BCUT2D eigenvalue weighted by Gasteiger charge is -2.33. The van der Waals surface area contributed by atoms with Crippen LogP contribution in [0, 0.1) is 6.92 Å². The van der Waals surface area contributed by atoms with E-state index in [4.69, 9.17) is 0 Å². The number of amides is 1. The van der Waals surface area contributed by atoms with E-state index in [1.165, 1.54) is 15.3 Å². The van der Waals surface area contributed by atoms with Crippen molar-refractivity contribution in [3.63, 3.8) is 0 Å². The van der Waals surface area contributed by atoms with E-state index in [-0.39, 0.29) is 5.91 Å². The third-order valence-electron chi connectivity index (χ3n) is 4.93. The minimum absolute atomic E-state index is 0.0810. The van der Waals surface area contributed by atoms with Gasteiger partial charge in [0.1, 0.15) is 0 Å². The van der Waals surface area contributed by atoms with E-state index in [0.717, 1.165) is 11.1 Å². The van der Waals surface area contributed by atoms with Gasteiger partial charge in [0.05, 0.1) is 0 Å². The topological polar surface area (TPSA) is 57.7 Å². The summed E-state index contributed by atoms with van der Waals surface area (Å²) in [6.45, 7) is 3.57. The molecule has 1 heterocycles. The SMILES string of the molecule is Cc1ccc(CCC(=O)N2CCN(S(=O)(=O)/C=C/c3ccccc3)CC2)cc1. The molecule has 1 aliphatic heterocycles. The van der Waals surface area contributed by atoms with Gasteiger partial charge in [0.15, 0.2) is 0 Å². The Labute approximate surface area is 167 Å². The van der Waals surface area contributed by atoms with Crippen LogP contribution in [0.25, 0.3) is 6.08 Å². The highest BCUT2D eigenvalue weighted by Crippen LogP contribution is 2.13. The molecule has 1 fully saturated rings. The Bertz CT molecular complexity index is 914.